The molecule has 11 heteroatoms. The van der Waals surface area contributed by atoms with Gasteiger partial charge in [0.1, 0.15) is 5.60 Å². The van der Waals surface area contributed by atoms with Gasteiger partial charge in [-0.25, -0.2) is 21.6 Å². The van der Waals surface area contributed by atoms with E-state index in [1.165, 1.54) is 12.1 Å². The molecule has 2 unspecified atom stereocenters. The van der Waals surface area contributed by atoms with Crippen molar-refractivity contribution in [3.63, 3.8) is 0 Å². The van der Waals surface area contributed by atoms with Crippen molar-refractivity contribution in [3.05, 3.63) is 58.4 Å². The first kappa shape index (κ1) is 23.7. The molecule has 0 heterocycles. The minimum Gasteiger partial charge on any atom is -0.382 e. The lowest BCUT2D eigenvalue weighted by Crippen LogP contribution is -2.47. The van der Waals surface area contributed by atoms with Crippen molar-refractivity contribution in [1.29, 1.82) is 0 Å². The van der Waals surface area contributed by atoms with Crippen molar-refractivity contribution in [2.24, 2.45) is 11.8 Å². The lowest BCUT2D eigenvalue weighted by atomic mass is 9.78. The van der Waals surface area contributed by atoms with Gasteiger partial charge in [-0.1, -0.05) is 11.6 Å². The molecule has 2 saturated carbocycles. The summed E-state index contributed by atoms with van der Waals surface area (Å²) in [7, 11) is -4.04. The molecule has 2 aliphatic rings. The smallest absolute Gasteiger partial charge is 0.255 e. The summed E-state index contributed by atoms with van der Waals surface area (Å²) < 4.78 is 67.0. The number of benzene rings is 2. The van der Waals surface area contributed by atoms with Gasteiger partial charge in [0.25, 0.3) is 5.91 Å². The molecule has 1 amide bonds. The molecule has 2 bridgehead atoms. The number of hydrogen-bond donors (Lipinski definition) is 2. The van der Waals surface area contributed by atoms with Crippen LogP contribution in [0.1, 0.15) is 36.0 Å². The topological polar surface area (TPSA) is 101 Å². The molecule has 4 rings (SSSR count). The van der Waals surface area contributed by atoms with E-state index in [4.69, 9.17) is 11.6 Å². The Balaban J connectivity index is 1.64. The van der Waals surface area contributed by atoms with Crippen molar-refractivity contribution in [2.75, 3.05) is 5.32 Å². The van der Waals surface area contributed by atoms with E-state index in [1.54, 1.807) is 0 Å². The minimum absolute atomic E-state index is 0.0242. The summed E-state index contributed by atoms with van der Waals surface area (Å²) >= 11 is 6.17. The van der Waals surface area contributed by atoms with Crippen LogP contribution in [0, 0.1) is 29.3 Å². The van der Waals surface area contributed by atoms with E-state index in [0.717, 1.165) is 6.07 Å². The molecule has 6 nitrogen and oxygen atoms in total. The largest absolute Gasteiger partial charge is 0.382 e. The van der Waals surface area contributed by atoms with Crippen LogP contribution in [-0.2, 0) is 14.6 Å². The summed E-state index contributed by atoms with van der Waals surface area (Å²) in [4.78, 5) is 23.6. The van der Waals surface area contributed by atoms with Crippen molar-refractivity contribution >= 4 is 39.3 Å². The van der Waals surface area contributed by atoms with Crippen LogP contribution in [0.4, 0.5) is 18.9 Å². The number of amides is 1. The highest BCUT2D eigenvalue weighted by Crippen LogP contribution is 2.51. The van der Waals surface area contributed by atoms with Crippen LogP contribution in [0.15, 0.2) is 35.2 Å². The van der Waals surface area contributed by atoms with Gasteiger partial charge in [-0.05, 0) is 55.7 Å². The Kier molecular flexibility index (Phi) is 6.05. The quantitative estimate of drug-likeness (QED) is 0.478. The van der Waals surface area contributed by atoms with Crippen LogP contribution < -0.4 is 5.32 Å². The summed E-state index contributed by atoms with van der Waals surface area (Å²) in [5, 5.41) is 11.6. The number of sulfone groups is 1. The number of carbonyl (C=O) groups is 2. The number of hydrogen-bond acceptors (Lipinski definition) is 5. The van der Waals surface area contributed by atoms with Crippen LogP contribution in [-0.4, -0.2) is 36.6 Å². The zero-order chi connectivity index (χ0) is 24.1. The van der Waals surface area contributed by atoms with Gasteiger partial charge < -0.3 is 15.2 Å². The van der Waals surface area contributed by atoms with E-state index < -0.39 is 55.9 Å². The SMILES string of the molecule is O=C[C@]1(O)CC2CC[C@@H](C1)C2S(=O)(=O)c1cc(C(=O)Nc2cc(F)c(F)c(F)c2)ccc1Cl. The van der Waals surface area contributed by atoms with Crippen LogP contribution in [0.2, 0.25) is 5.02 Å². The first-order chi connectivity index (χ1) is 15.4. The van der Waals surface area contributed by atoms with Crippen LogP contribution >= 0.6 is 11.6 Å². The maximum Gasteiger partial charge on any atom is 0.255 e. The van der Waals surface area contributed by atoms with Gasteiger partial charge in [-0.2, -0.15) is 0 Å². The minimum atomic E-state index is -4.04. The highest BCUT2D eigenvalue weighted by Gasteiger charge is 2.54. The summed E-state index contributed by atoms with van der Waals surface area (Å²) in [6, 6.07) is 4.73. The molecule has 2 aliphatic carbocycles. The molecule has 2 aromatic rings. The standard InChI is InChI=1S/C22H19ClF3NO5S/c23-15-4-3-11(21(29)27-14-6-16(24)19(26)17(25)7-14)5-18(15)33(31,32)20-12-1-2-13(20)9-22(30,8-12)10-28/h3-7,10,12-13,20,30H,1-2,8-9H2,(H,27,29)/t12-,13?,20?,22+/m0/s1. The molecule has 0 aromatic heterocycles. The maximum absolute atomic E-state index is 13.5. The molecule has 0 saturated heterocycles. The number of fused-ring (bicyclic) bond motifs is 2. The van der Waals surface area contributed by atoms with E-state index in [2.05, 4.69) is 5.32 Å². The Bertz CT molecular complexity index is 1220. The maximum atomic E-state index is 13.5. The van der Waals surface area contributed by atoms with Gasteiger partial charge in [0.2, 0.25) is 0 Å². The normalized spacial score (nSPS) is 26.8. The second-order valence-electron chi connectivity index (χ2n) is 8.59. The lowest BCUT2D eigenvalue weighted by Gasteiger charge is -2.37. The number of anilines is 1. The fraction of sp³-hybridized carbons (Fsp3) is 0.364. The van der Waals surface area contributed by atoms with Crippen molar-refractivity contribution in [3.8, 4) is 0 Å². The Morgan fingerprint density at radius 3 is 2.21 bits per heavy atom. The molecule has 0 radical (unpaired) electrons. The molecule has 4 atom stereocenters. The van der Waals surface area contributed by atoms with Crippen LogP contribution in [0.3, 0.4) is 0 Å². The Morgan fingerprint density at radius 2 is 1.67 bits per heavy atom. The Labute approximate surface area is 192 Å². The van der Waals surface area contributed by atoms with Crippen LogP contribution in [0.25, 0.3) is 0 Å². The van der Waals surface area contributed by atoms with Gasteiger partial charge in [0.15, 0.2) is 33.6 Å². The van der Waals surface area contributed by atoms with E-state index in [-0.39, 0.29) is 34.0 Å². The Hall–Kier alpha value is -2.43. The summed E-state index contributed by atoms with van der Waals surface area (Å²) in [5.74, 6) is -6.43. The van der Waals surface area contributed by atoms with Gasteiger partial charge in [0.05, 0.1) is 15.2 Å². The second-order valence-corrected chi connectivity index (χ2v) is 11.1. The van der Waals surface area contributed by atoms with Gasteiger partial charge in [-0.3, -0.25) is 4.79 Å². The predicted molar refractivity (Wildman–Crippen MR) is 113 cm³/mol. The molecule has 2 fully saturated rings. The van der Waals surface area contributed by atoms with Gasteiger partial charge in [-0.15, -0.1) is 0 Å². The monoisotopic (exact) mass is 501 g/mol. The van der Waals surface area contributed by atoms with E-state index in [9.17, 15) is 36.3 Å². The molecule has 176 valence electrons. The first-order valence-electron chi connectivity index (χ1n) is 10.1. The van der Waals surface area contributed by atoms with Gasteiger partial charge in [0, 0.05) is 23.4 Å². The average molecular weight is 502 g/mol. The number of rotatable bonds is 5. The molecular weight excluding hydrogens is 483 g/mol. The highest BCUT2D eigenvalue weighted by molar-refractivity contribution is 7.92. The third kappa shape index (κ3) is 4.27. The van der Waals surface area contributed by atoms with E-state index in [1.807, 2.05) is 0 Å². The molecular formula is C22H19ClF3NO5S. The van der Waals surface area contributed by atoms with Crippen molar-refractivity contribution < 1.29 is 36.3 Å². The Morgan fingerprint density at radius 1 is 1.09 bits per heavy atom. The van der Waals surface area contributed by atoms with E-state index >= 15 is 0 Å². The van der Waals surface area contributed by atoms with Gasteiger partial charge >= 0.3 is 0 Å². The first-order valence-corrected chi connectivity index (χ1v) is 12.1. The summed E-state index contributed by atoms with van der Waals surface area (Å²) in [6.45, 7) is 0. The number of nitrogens with one attached hydrogen (secondary N) is 1. The number of halogens is 4. The summed E-state index contributed by atoms with van der Waals surface area (Å²) in [5.41, 5.74) is -2.05. The fourth-order valence-electron chi connectivity index (χ4n) is 5.01. The molecule has 0 aliphatic heterocycles. The average Bonchev–Trinajstić information content (AvgIpc) is 3.05. The molecule has 0 spiro atoms. The van der Waals surface area contributed by atoms with Crippen LogP contribution in [0.5, 0.6) is 0 Å². The fourth-order valence-corrected chi connectivity index (χ4v) is 7.86. The van der Waals surface area contributed by atoms with Crippen molar-refractivity contribution in [2.45, 2.75) is 41.4 Å². The summed E-state index contributed by atoms with van der Waals surface area (Å²) in [6.07, 6.45) is 1.57. The number of carbonyl (C=O) groups excluding carboxylic acids is 2. The lowest BCUT2D eigenvalue weighted by molar-refractivity contribution is -0.129. The predicted octanol–water partition coefficient (Wildman–Crippen LogP) is 3.90. The molecule has 2 aromatic carbocycles. The highest BCUT2D eigenvalue weighted by atomic mass is 35.5. The molecule has 33 heavy (non-hydrogen) atoms. The zero-order valence-electron chi connectivity index (χ0n) is 17.0. The number of aldehydes is 1. The van der Waals surface area contributed by atoms with E-state index in [0.29, 0.717) is 31.3 Å². The third-order valence-corrected chi connectivity index (χ3v) is 9.27. The second kappa shape index (κ2) is 8.41. The zero-order valence-corrected chi connectivity index (χ0v) is 18.6. The van der Waals surface area contributed by atoms with Crippen molar-refractivity contribution in [1.82, 2.24) is 0 Å². The number of aliphatic hydroxyl groups is 1. The molecule has 2 N–H and O–H groups in total. The third-order valence-electron chi connectivity index (χ3n) is 6.39.